The first-order chi connectivity index (χ1) is 5.95. The summed E-state index contributed by atoms with van der Waals surface area (Å²) < 4.78 is 0. The minimum atomic E-state index is -1.09. The summed E-state index contributed by atoms with van der Waals surface area (Å²) in [6.45, 7) is 3.66. The van der Waals surface area contributed by atoms with Crippen LogP contribution in [0.3, 0.4) is 0 Å². The largest absolute Gasteiger partial charge is 0.480 e. The van der Waals surface area contributed by atoms with Gasteiger partial charge < -0.3 is 10.8 Å². The van der Waals surface area contributed by atoms with Crippen LogP contribution < -0.4 is 5.73 Å². The van der Waals surface area contributed by atoms with Crippen molar-refractivity contribution in [3.63, 3.8) is 0 Å². The molecule has 0 saturated heterocycles. The highest BCUT2D eigenvalue weighted by atomic mass is 16.4. The van der Waals surface area contributed by atoms with Gasteiger partial charge in [0.1, 0.15) is 5.54 Å². The predicted molar refractivity (Wildman–Crippen MR) is 53.8 cm³/mol. The van der Waals surface area contributed by atoms with Crippen molar-refractivity contribution in [2.24, 2.45) is 11.7 Å². The Morgan fingerprint density at radius 3 is 2.38 bits per heavy atom. The monoisotopic (exact) mass is 183 g/mol. The van der Waals surface area contributed by atoms with Crippen LogP contribution >= 0.6 is 0 Å². The van der Waals surface area contributed by atoms with Crippen molar-refractivity contribution in [2.45, 2.75) is 45.0 Å². The lowest BCUT2D eigenvalue weighted by atomic mass is 9.82. The molecule has 0 aliphatic rings. The first-order valence-corrected chi connectivity index (χ1v) is 4.67. The highest BCUT2D eigenvalue weighted by Gasteiger charge is 2.36. The van der Waals surface area contributed by atoms with Crippen LogP contribution in [0.2, 0.25) is 6.32 Å². The molecule has 0 amide bonds. The van der Waals surface area contributed by atoms with E-state index in [2.05, 4.69) is 0 Å². The molecule has 0 aromatic rings. The molecule has 0 fully saturated rings. The van der Waals surface area contributed by atoms with Crippen LogP contribution in [-0.2, 0) is 4.79 Å². The van der Waals surface area contributed by atoms with Gasteiger partial charge >= 0.3 is 5.97 Å². The average molecular weight is 183 g/mol. The Kier molecular flexibility index (Phi) is 5.07. The van der Waals surface area contributed by atoms with Crippen molar-refractivity contribution >= 4 is 13.8 Å². The molecule has 1 atom stereocenters. The minimum absolute atomic E-state index is 0.0530. The molecule has 74 valence electrons. The molecule has 13 heavy (non-hydrogen) atoms. The Bertz CT molecular complexity index is 173. The van der Waals surface area contributed by atoms with Gasteiger partial charge in [-0.05, 0) is 12.3 Å². The van der Waals surface area contributed by atoms with E-state index in [0.29, 0.717) is 12.7 Å². The van der Waals surface area contributed by atoms with Gasteiger partial charge in [0, 0.05) is 0 Å². The zero-order valence-electron chi connectivity index (χ0n) is 8.42. The first-order valence-electron chi connectivity index (χ1n) is 4.67. The number of unbranched alkanes of at least 4 members (excludes halogenated alkanes) is 1. The summed E-state index contributed by atoms with van der Waals surface area (Å²) in [7, 11) is 5.32. The molecular weight excluding hydrogens is 165 g/mol. The van der Waals surface area contributed by atoms with Gasteiger partial charge in [-0.15, -0.1) is 0 Å². The summed E-state index contributed by atoms with van der Waals surface area (Å²) in [5.74, 6) is -0.970. The number of carboxylic acid groups (broad SMARTS) is 1. The summed E-state index contributed by atoms with van der Waals surface area (Å²) in [4.78, 5) is 10.9. The van der Waals surface area contributed by atoms with Crippen LogP contribution in [0, 0.1) is 5.92 Å². The van der Waals surface area contributed by atoms with Gasteiger partial charge in [0.05, 0.1) is 7.85 Å². The van der Waals surface area contributed by atoms with E-state index in [4.69, 9.17) is 18.7 Å². The number of aliphatic carboxylic acids is 1. The fourth-order valence-corrected chi connectivity index (χ4v) is 1.20. The average Bonchev–Trinajstić information content (AvgIpc) is 2.03. The van der Waals surface area contributed by atoms with Gasteiger partial charge in [-0.3, -0.25) is 4.79 Å². The van der Waals surface area contributed by atoms with E-state index in [1.165, 1.54) is 0 Å². The number of nitrogens with two attached hydrogens (primary N) is 1. The molecule has 1 unspecified atom stereocenters. The molecule has 0 aliphatic carbocycles. The molecule has 0 aromatic heterocycles. The summed E-state index contributed by atoms with van der Waals surface area (Å²) >= 11 is 0. The van der Waals surface area contributed by atoms with Crippen LogP contribution in [0.15, 0.2) is 0 Å². The summed E-state index contributed by atoms with van der Waals surface area (Å²) in [5, 5.41) is 8.95. The number of carboxylic acids is 1. The van der Waals surface area contributed by atoms with Crippen LogP contribution in [-0.4, -0.2) is 24.5 Å². The van der Waals surface area contributed by atoms with Crippen molar-refractivity contribution in [1.29, 1.82) is 0 Å². The molecule has 0 bridgehead atoms. The lowest BCUT2D eigenvalue weighted by Gasteiger charge is -2.28. The van der Waals surface area contributed by atoms with Crippen LogP contribution in [0.25, 0.3) is 0 Å². The Hall–Kier alpha value is -0.505. The van der Waals surface area contributed by atoms with Crippen molar-refractivity contribution < 1.29 is 9.90 Å². The first kappa shape index (κ1) is 12.5. The SMILES string of the molecule is [B]CCCCC(N)(C(=O)O)C(C)C. The zero-order valence-corrected chi connectivity index (χ0v) is 8.42. The fraction of sp³-hybridized carbons (Fsp3) is 0.889. The number of hydrogen-bond acceptors (Lipinski definition) is 2. The van der Waals surface area contributed by atoms with Crippen LogP contribution in [0.1, 0.15) is 33.1 Å². The summed E-state index contributed by atoms with van der Waals surface area (Å²) in [6, 6.07) is 0. The van der Waals surface area contributed by atoms with E-state index in [9.17, 15) is 4.79 Å². The van der Waals surface area contributed by atoms with Crippen LogP contribution in [0.5, 0.6) is 0 Å². The van der Waals surface area contributed by atoms with Gasteiger partial charge in [0.25, 0.3) is 0 Å². The molecule has 0 rings (SSSR count). The normalized spacial score (nSPS) is 15.7. The number of hydrogen-bond donors (Lipinski definition) is 2. The van der Waals surface area contributed by atoms with Gasteiger partial charge in [-0.25, -0.2) is 0 Å². The molecule has 2 radical (unpaired) electrons. The topological polar surface area (TPSA) is 63.3 Å². The lowest BCUT2D eigenvalue weighted by molar-refractivity contribution is -0.145. The second-order valence-electron chi connectivity index (χ2n) is 3.75. The van der Waals surface area contributed by atoms with Crippen LogP contribution in [0.4, 0.5) is 0 Å². The zero-order chi connectivity index (χ0) is 10.5. The Labute approximate surface area is 81.1 Å². The molecule has 0 heterocycles. The Morgan fingerprint density at radius 1 is 1.54 bits per heavy atom. The highest BCUT2D eigenvalue weighted by Crippen LogP contribution is 2.21. The molecular formula is C9H18BNO2. The van der Waals surface area contributed by atoms with E-state index >= 15 is 0 Å². The lowest BCUT2D eigenvalue weighted by Crippen LogP contribution is -2.52. The third-order valence-electron chi connectivity index (χ3n) is 2.47. The Balaban J connectivity index is 4.17. The maximum Gasteiger partial charge on any atom is 0.323 e. The smallest absolute Gasteiger partial charge is 0.323 e. The van der Waals surface area contributed by atoms with Gasteiger partial charge in [-0.2, -0.15) is 0 Å². The summed E-state index contributed by atoms with van der Waals surface area (Å²) in [6.07, 6.45) is 2.70. The van der Waals surface area contributed by atoms with E-state index in [1.54, 1.807) is 0 Å². The van der Waals surface area contributed by atoms with Crippen molar-refractivity contribution in [3.8, 4) is 0 Å². The van der Waals surface area contributed by atoms with Gasteiger partial charge in [-0.1, -0.05) is 33.0 Å². The molecule has 0 spiro atoms. The molecule has 4 heteroatoms. The molecule has 0 aliphatic heterocycles. The maximum absolute atomic E-state index is 10.9. The molecule has 3 N–H and O–H groups in total. The van der Waals surface area contributed by atoms with Gasteiger partial charge in [0.2, 0.25) is 0 Å². The third-order valence-corrected chi connectivity index (χ3v) is 2.47. The quantitative estimate of drug-likeness (QED) is 0.480. The van der Waals surface area contributed by atoms with Crippen molar-refractivity contribution in [1.82, 2.24) is 0 Å². The standard InChI is InChI=1S/C9H18BNO2/c1-7(2)9(11,8(12)13)5-3-4-6-10/h7H,3-6,11H2,1-2H3,(H,12,13). The van der Waals surface area contributed by atoms with E-state index < -0.39 is 11.5 Å². The van der Waals surface area contributed by atoms with E-state index in [1.807, 2.05) is 13.8 Å². The maximum atomic E-state index is 10.9. The Morgan fingerprint density at radius 2 is 2.08 bits per heavy atom. The second kappa shape index (κ2) is 5.27. The van der Waals surface area contributed by atoms with E-state index in [0.717, 1.165) is 12.8 Å². The predicted octanol–water partition coefficient (Wildman–Crippen LogP) is 1.18. The minimum Gasteiger partial charge on any atom is -0.480 e. The third kappa shape index (κ3) is 3.39. The summed E-state index contributed by atoms with van der Waals surface area (Å²) in [5.41, 5.74) is 4.70. The fourth-order valence-electron chi connectivity index (χ4n) is 1.20. The number of carbonyl (C=O) groups is 1. The highest BCUT2D eigenvalue weighted by molar-refractivity contribution is 6.08. The molecule has 3 nitrogen and oxygen atoms in total. The molecule has 0 saturated carbocycles. The van der Waals surface area contributed by atoms with Crippen molar-refractivity contribution in [3.05, 3.63) is 0 Å². The van der Waals surface area contributed by atoms with Gasteiger partial charge in [0.15, 0.2) is 0 Å². The number of rotatable bonds is 6. The molecule has 0 aromatic carbocycles. The van der Waals surface area contributed by atoms with E-state index in [-0.39, 0.29) is 5.92 Å². The van der Waals surface area contributed by atoms with Crippen molar-refractivity contribution in [2.75, 3.05) is 0 Å². The second-order valence-corrected chi connectivity index (χ2v) is 3.75.